The molecule has 0 aromatic heterocycles. The summed E-state index contributed by atoms with van der Waals surface area (Å²) in [6.45, 7) is 5.70. The van der Waals surface area contributed by atoms with E-state index < -0.39 is 15.4 Å². The molecule has 142 valence electrons. The van der Waals surface area contributed by atoms with E-state index in [1.54, 1.807) is 31.0 Å². The highest BCUT2D eigenvalue weighted by Gasteiger charge is 2.31. The third kappa shape index (κ3) is 4.58. The summed E-state index contributed by atoms with van der Waals surface area (Å²) in [6, 6.07) is 6.38. The summed E-state index contributed by atoms with van der Waals surface area (Å²) < 4.78 is 35.0. The molecule has 1 aliphatic rings. The van der Waals surface area contributed by atoms with Gasteiger partial charge in [-0.1, -0.05) is 12.1 Å². The maximum absolute atomic E-state index is 11.8. The number of hydrogen-bond donors (Lipinski definition) is 0. The molecule has 0 radical (unpaired) electrons. The number of benzene rings is 1. The molecule has 2 atom stereocenters. The van der Waals surface area contributed by atoms with Crippen LogP contribution in [0.4, 0.5) is 0 Å². The fourth-order valence-corrected chi connectivity index (χ4v) is 4.09. The van der Waals surface area contributed by atoms with Gasteiger partial charge in [-0.05, 0) is 50.0 Å². The van der Waals surface area contributed by atoms with E-state index in [9.17, 15) is 13.2 Å². The van der Waals surface area contributed by atoms with Gasteiger partial charge in [0.15, 0.2) is 21.9 Å². The lowest BCUT2D eigenvalue weighted by Crippen LogP contribution is -2.28. The van der Waals surface area contributed by atoms with Crippen molar-refractivity contribution < 1.29 is 22.7 Å². The summed E-state index contributed by atoms with van der Waals surface area (Å²) in [5.74, 6) is 0.188. The first-order chi connectivity index (χ1) is 12.1. The molecule has 2 rings (SSSR count). The average molecular weight is 397 g/mol. The SMILES string of the molecule is COC(C)(C)/C(=C(\C=O)OC1C=CSC1C)c1ccc(S(C)(=O)=O)cc1. The van der Waals surface area contributed by atoms with Crippen molar-refractivity contribution in [1.82, 2.24) is 0 Å². The molecule has 0 bridgehead atoms. The van der Waals surface area contributed by atoms with Crippen molar-refractivity contribution in [2.75, 3.05) is 13.4 Å². The fraction of sp³-hybridized carbons (Fsp3) is 0.421. The Kier molecular flexibility index (Phi) is 6.37. The van der Waals surface area contributed by atoms with Crippen LogP contribution in [0, 0.1) is 0 Å². The van der Waals surface area contributed by atoms with E-state index >= 15 is 0 Å². The summed E-state index contributed by atoms with van der Waals surface area (Å²) >= 11 is 1.64. The largest absolute Gasteiger partial charge is 0.481 e. The molecule has 0 fully saturated rings. The second-order valence-corrected chi connectivity index (χ2v) is 9.92. The van der Waals surface area contributed by atoms with E-state index in [4.69, 9.17) is 9.47 Å². The highest BCUT2D eigenvalue weighted by Crippen LogP contribution is 2.35. The molecule has 7 heteroatoms. The van der Waals surface area contributed by atoms with E-state index in [0.717, 1.165) is 6.26 Å². The van der Waals surface area contributed by atoms with Gasteiger partial charge < -0.3 is 9.47 Å². The maximum Gasteiger partial charge on any atom is 0.185 e. The lowest BCUT2D eigenvalue weighted by molar-refractivity contribution is -0.108. The minimum Gasteiger partial charge on any atom is -0.481 e. The monoisotopic (exact) mass is 396 g/mol. The van der Waals surface area contributed by atoms with E-state index in [0.29, 0.717) is 17.4 Å². The van der Waals surface area contributed by atoms with Gasteiger partial charge in [-0.15, -0.1) is 11.8 Å². The topological polar surface area (TPSA) is 69.7 Å². The Labute approximate surface area is 159 Å². The summed E-state index contributed by atoms with van der Waals surface area (Å²) in [5, 5.41) is 2.16. The standard InChI is InChI=1S/C19H24O5S2/c1-13-16(10-11-25-13)24-17(12-20)18(19(2,3)23-4)14-6-8-15(9-7-14)26(5,21)22/h6-13,16H,1-5H3/b18-17+. The zero-order chi connectivity index (χ0) is 19.5. The van der Waals surface area contributed by atoms with Gasteiger partial charge in [-0.2, -0.15) is 0 Å². The summed E-state index contributed by atoms with van der Waals surface area (Å²) in [5.41, 5.74) is 0.447. The van der Waals surface area contributed by atoms with Crippen molar-refractivity contribution >= 4 is 33.5 Å². The van der Waals surface area contributed by atoms with Crippen LogP contribution in [0.25, 0.3) is 5.57 Å². The van der Waals surface area contributed by atoms with Gasteiger partial charge in [-0.3, -0.25) is 4.79 Å². The zero-order valence-electron chi connectivity index (χ0n) is 15.6. The van der Waals surface area contributed by atoms with Crippen LogP contribution in [0.2, 0.25) is 0 Å². The molecule has 0 saturated carbocycles. The lowest BCUT2D eigenvalue weighted by atomic mass is 9.90. The molecule has 1 aromatic rings. The van der Waals surface area contributed by atoms with E-state index in [1.807, 2.05) is 32.3 Å². The highest BCUT2D eigenvalue weighted by atomic mass is 32.2. The Hall–Kier alpha value is -1.57. The van der Waals surface area contributed by atoms with Gasteiger partial charge >= 0.3 is 0 Å². The first kappa shape index (κ1) is 20.7. The van der Waals surface area contributed by atoms with Crippen molar-refractivity contribution in [2.24, 2.45) is 0 Å². The van der Waals surface area contributed by atoms with Gasteiger partial charge in [0.2, 0.25) is 0 Å². The molecule has 0 aliphatic carbocycles. The van der Waals surface area contributed by atoms with Crippen molar-refractivity contribution in [3.05, 3.63) is 47.1 Å². The number of thioether (sulfide) groups is 1. The highest BCUT2D eigenvalue weighted by molar-refractivity contribution is 8.03. The van der Waals surface area contributed by atoms with Gasteiger partial charge in [0.25, 0.3) is 0 Å². The summed E-state index contributed by atoms with van der Waals surface area (Å²) in [7, 11) is -1.74. The first-order valence-electron chi connectivity index (χ1n) is 8.14. The molecule has 0 N–H and O–H groups in total. The zero-order valence-corrected chi connectivity index (χ0v) is 17.2. The number of methoxy groups -OCH3 is 1. The predicted octanol–water partition coefficient (Wildman–Crippen LogP) is 3.46. The first-order valence-corrected chi connectivity index (χ1v) is 11.0. The number of carbonyl (C=O) groups excluding carboxylic acids is 1. The van der Waals surface area contributed by atoms with Crippen LogP contribution in [0.3, 0.4) is 0 Å². The van der Waals surface area contributed by atoms with Crippen molar-refractivity contribution in [3.8, 4) is 0 Å². The Bertz CT molecular complexity index is 820. The summed E-state index contributed by atoms with van der Waals surface area (Å²) in [4.78, 5) is 12.1. The van der Waals surface area contributed by atoms with Crippen LogP contribution in [-0.4, -0.2) is 45.0 Å². The maximum atomic E-state index is 11.8. The van der Waals surface area contributed by atoms with Crippen LogP contribution in [0.15, 0.2) is 46.4 Å². The number of aldehydes is 1. The molecule has 0 amide bonds. The molecular weight excluding hydrogens is 372 g/mol. The third-order valence-electron chi connectivity index (χ3n) is 4.32. The quantitative estimate of drug-likeness (QED) is 0.399. The molecule has 5 nitrogen and oxygen atoms in total. The number of allylic oxidation sites excluding steroid dienone is 1. The van der Waals surface area contributed by atoms with Crippen LogP contribution in [0.5, 0.6) is 0 Å². The number of ether oxygens (including phenoxy) is 2. The van der Waals surface area contributed by atoms with Crippen LogP contribution in [0.1, 0.15) is 26.3 Å². The number of carbonyl (C=O) groups is 1. The fourth-order valence-electron chi connectivity index (χ4n) is 2.67. The van der Waals surface area contributed by atoms with Gasteiger partial charge in [0.05, 0.1) is 10.5 Å². The molecule has 0 saturated heterocycles. The van der Waals surface area contributed by atoms with E-state index in [1.165, 1.54) is 12.1 Å². The predicted molar refractivity (Wildman–Crippen MR) is 105 cm³/mol. The van der Waals surface area contributed by atoms with Crippen LogP contribution in [-0.2, 0) is 24.1 Å². The Morgan fingerprint density at radius 1 is 1.23 bits per heavy atom. The van der Waals surface area contributed by atoms with E-state index in [2.05, 4.69) is 0 Å². The van der Waals surface area contributed by atoms with E-state index in [-0.39, 0.29) is 22.0 Å². The van der Waals surface area contributed by atoms with Gasteiger partial charge in [0.1, 0.15) is 6.10 Å². The molecular formula is C19H24O5S2. The molecule has 26 heavy (non-hydrogen) atoms. The second kappa shape index (κ2) is 7.98. The van der Waals surface area contributed by atoms with Crippen molar-refractivity contribution in [2.45, 2.75) is 42.6 Å². The molecule has 1 heterocycles. The number of rotatable bonds is 7. The molecule has 1 aliphatic heterocycles. The smallest absolute Gasteiger partial charge is 0.185 e. The van der Waals surface area contributed by atoms with Gasteiger partial charge in [0, 0.05) is 24.2 Å². The Morgan fingerprint density at radius 3 is 2.27 bits per heavy atom. The minimum absolute atomic E-state index is 0.188. The van der Waals surface area contributed by atoms with Crippen LogP contribution >= 0.6 is 11.8 Å². The van der Waals surface area contributed by atoms with Crippen LogP contribution < -0.4 is 0 Å². The van der Waals surface area contributed by atoms with Gasteiger partial charge in [-0.25, -0.2) is 8.42 Å². The lowest BCUT2D eigenvalue weighted by Gasteiger charge is -2.29. The normalized spacial score (nSPS) is 21.4. The van der Waals surface area contributed by atoms with Crippen molar-refractivity contribution in [3.63, 3.8) is 0 Å². The Morgan fingerprint density at radius 2 is 1.85 bits per heavy atom. The number of hydrogen-bond acceptors (Lipinski definition) is 6. The number of sulfone groups is 1. The summed E-state index contributed by atoms with van der Waals surface area (Å²) in [6.07, 6.45) is 3.55. The van der Waals surface area contributed by atoms with Crippen molar-refractivity contribution in [1.29, 1.82) is 0 Å². The molecule has 1 aromatic carbocycles. The second-order valence-electron chi connectivity index (χ2n) is 6.62. The minimum atomic E-state index is -3.30. The average Bonchev–Trinajstić information content (AvgIpc) is 2.98. The third-order valence-corrected chi connectivity index (χ3v) is 6.46. The Balaban J connectivity index is 2.54. The molecule has 2 unspecified atom stereocenters. The molecule has 0 spiro atoms.